The number of hydrogen-bond donors (Lipinski definition) is 0. The Morgan fingerprint density at radius 1 is 0.727 bits per heavy atom. The summed E-state index contributed by atoms with van der Waals surface area (Å²) in [6.07, 6.45) is 4.67. The van der Waals surface area contributed by atoms with Gasteiger partial charge in [0.1, 0.15) is 0 Å². The Morgan fingerprint density at radius 3 is 1.32 bits per heavy atom. The van der Waals surface area contributed by atoms with E-state index < -0.39 is 16.6 Å². The van der Waals surface area contributed by atoms with E-state index in [0.29, 0.717) is 0 Å². The standard InChI is InChI=1S/C16H34O4Si2/c1-7-9-13-21(3,4)19-15(17)11-12-16(18)20-22(5,6)14-10-8-2/h7-14H2,1-6H3. The molecular formula is C16H34O4Si2. The predicted octanol–water partition coefficient (Wildman–Crippen LogP) is 4.86. The average Bonchev–Trinajstić information content (AvgIpc) is 2.40. The van der Waals surface area contributed by atoms with Crippen LogP contribution in [0.25, 0.3) is 0 Å². The van der Waals surface area contributed by atoms with Gasteiger partial charge in [0.25, 0.3) is 11.9 Å². The molecule has 0 amide bonds. The normalized spacial score (nSPS) is 12.1. The van der Waals surface area contributed by atoms with Gasteiger partial charge in [-0.25, -0.2) is 0 Å². The minimum Gasteiger partial charge on any atom is -0.520 e. The molecule has 0 aromatic rings. The van der Waals surface area contributed by atoms with Gasteiger partial charge < -0.3 is 8.85 Å². The molecule has 0 rings (SSSR count). The summed E-state index contributed by atoms with van der Waals surface area (Å²) in [5.41, 5.74) is 0. The van der Waals surface area contributed by atoms with Crippen LogP contribution in [0.15, 0.2) is 0 Å². The molecule has 0 bridgehead atoms. The molecule has 0 heterocycles. The Kier molecular flexibility index (Phi) is 9.91. The summed E-state index contributed by atoms with van der Waals surface area (Å²) in [5.74, 6) is -0.504. The smallest absolute Gasteiger partial charge is 0.293 e. The highest BCUT2D eigenvalue weighted by molar-refractivity contribution is 6.73. The van der Waals surface area contributed by atoms with Crippen molar-refractivity contribution in [3.05, 3.63) is 0 Å². The van der Waals surface area contributed by atoms with Gasteiger partial charge in [-0.2, -0.15) is 0 Å². The van der Waals surface area contributed by atoms with E-state index in [-0.39, 0.29) is 24.8 Å². The van der Waals surface area contributed by atoms with E-state index in [0.717, 1.165) is 37.8 Å². The van der Waals surface area contributed by atoms with Crippen LogP contribution in [0.3, 0.4) is 0 Å². The Bertz CT molecular complexity index is 320. The van der Waals surface area contributed by atoms with Gasteiger partial charge in [-0.15, -0.1) is 0 Å². The second-order valence-electron chi connectivity index (χ2n) is 7.17. The van der Waals surface area contributed by atoms with E-state index >= 15 is 0 Å². The second kappa shape index (κ2) is 10.2. The molecule has 0 aliphatic rings. The molecule has 0 N–H and O–H groups in total. The van der Waals surface area contributed by atoms with Gasteiger partial charge in [0.2, 0.25) is 16.6 Å². The highest BCUT2D eigenvalue weighted by Crippen LogP contribution is 2.18. The third kappa shape index (κ3) is 11.0. The first-order valence-corrected chi connectivity index (χ1v) is 14.8. The maximum atomic E-state index is 11.9. The molecule has 0 saturated carbocycles. The number of carbonyl (C=O) groups excluding carboxylic acids is 2. The fourth-order valence-corrected chi connectivity index (χ4v) is 6.28. The maximum absolute atomic E-state index is 11.9. The molecule has 0 fully saturated rings. The zero-order valence-corrected chi connectivity index (χ0v) is 17.3. The summed E-state index contributed by atoms with van der Waals surface area (Å²) < 4.78 is 11.2. The molecule has 0 aromatic heterocycles. The second-order valence-corrected chi connectivity index (χ2v) is 15.6. The summed E-state index contributed by atoms with van der Waals surface area (Å²) in [6, 6.07) is 1.97. The molecule has 0 saturated heterocycles. The summed E-state index contributed by atoms with van der Waals surface area (Å²) in [4.78, 5) is 23.8. The number of carbonyl (C=O) groups is 2. The monoisotopic (exact) mass is 346 g/mol. The van der Waals surface area contributed by atoms with Crippen molar-refractivity contribution in [3.63, 3.8) is 0 Å². The summed E-state index contributed by atoms with van der Waals surface area (Å²) in [5, 5.41) is 0. The fraction of sp³-hybridized carbons (Fsp3) is 0.875. The van der Waals surface area contributed by atoms with Crippen LogP contribution in [0.1, 0.15) is 52.4 Å². The predicted molar refractivity (Wildman–Crippen MR) is 95.8 cm³/mol. The molecule has 4 nitrogen and oxygen atoms in total. The lowest BCUT2D eigenvalue weighted by Crippen LogP contribution is -2.35. The van der Waals surface area contributed by atoms with Crippen molar-refractivity contribution in [2.75, 3.05) is 0 Å². The van der Waals surface area contributed by atoms with Crippen molar-refractivity contribution in [1.29, 1.82) is 0 Å². The van der Waals surface area contributed by atoms with E-state index in [9.17, 15) is 9.59 Å². The summed E-state index contributed by atoms with van der Waals surface area (Å²) >= 11 is 0. The molecule has 0 radical (unpaired) electrons. The van der Waals surface area contributed by atoms with Crippen molar-refractivity contribution < 1.29 is 18.4 Å². The van der Waals surface area contributed by atoms with E-state index in [1.165, 1.54) is 0 Å². The lowest BCUT2D eigenvalue weighted by atomic mass is 10.3. The first kappa shape index (κ1) is 21.4. The lowest BCUT2D eigenvalue weighted by Gasteiger charge is -2.24. The van der Waals surface area contributed by atoms with E-state index in [2.05, 4.69) is 40.0 Å². The third-order valence-electron chi connectivity index (χ3n) is 3.58. The molecule has 6 heteroatoms. The van der Waals surface area contributed by atoms with Crippen LogP contribution in [0.2, 0.25) is 38.3 Å². The molecule has 0 aromatic carbocycles. The number of rotatable bonds is 11. The first-order valence-electron chi connectivity index (χ1n) is 8.55. The van der Waals surface area contributed by atoms with Crippen LogP contribution in [0, 0.1) is 0 Å². The van der Waals surface area contributed by atoms with Crippen LogP contribution in [0.5, 0.6) is 0 Å². The molecule has 0 spiro atoms. The van der Waals surface area contributed by atoms with E-state index in [1.54, 1.807) is 0 Å². The fourth-order valence-electron chi connectivity index (χ4n) is 2.23. The van der Waals surface area contributed by atoms with Crippen LogP contribution in [-0.2, 0) is 18.4 Å². The van der Waals surface area contributed by atoms with Crippen molar-refractivity contribution >= 4 is 28.6 Å². The van der Waals surface area contributed by atoms with Gasteiger partial charge in [-0.1, -0.05) is 39.5 Å². The van der Waals surface area contributed by atoms with Crippen LogP contribution >= 0.6 is 0 Å². The zero-order valence-electron chi connectivity index (χ0n) is 15.3. The van der Waals surface area contributed by atoms with E-state index in [1.807, 2.05) is 0 Å². The Balaban J connectivity index is 4.11. The lowest BCUT2D eigenvalue weighted by molar-refractivity contribution is -0.141. The highest BCUT2D eigenvalue weighted by Gasteiger charge is 2.28. The average molecular weight is 347 g/mol. The number of unbranched alkanes of at least 4 members (excludes halogenated alkanes) is 2. The molecule has 0 aliphatic heterocycles. The first-order chi connectivity index (χ1) is 10.1. The zero-order chi connectivity index (χ0) is 17.2. The SMILES string of the molecule is CCCC[Si](C)(C)OC(=O)CCC(=O)O[Si](C)(C)CCCC. The molecule has 22 heavy (non-hydrogen) atoms. The van der Waals surface area contributed by atoms with Gasteiger partial charge in [-0.05, 0) is 38.3 Å². The van der Waals surface area contributed by atoms with Gasteiger partial charge in [0.05, 0.1) is 12.8 Å². The van der Waals surface area contributed by atoms with Gasteiger partial charge in [0.15, 0.2) is 0 Å². The van der Waals surface area contributed by atoms with Crippen molar-refractivity contribution in [2.45, 2.75) is 90.6 Å². The molecule has 0 unspecified atom stereocenters. The largest absolute Gasteiger partial charge is 0.520 e. The quantitative estimate of drug-likeness (QED) is 0.501. The van der Waals surface area contributed by atoms with Gasteiger partial charge in [0, 0.05) is 0 Å². The Hall–Kier alpha value is -0.626. The number of hydrogen-bond acceptors (Lipinski definition) is 4. The minimum absolute atomic E-state index is 0.139. The molecular weight excluding hydrogens is 312 g/mol. The van der Waals surface area contributed by atoms with Crippen LogP contribution in [-0.4, -0.2) is 28.6 Å². The van der Waals surface area contributed by atoms with Gasteiger partial charge >= 0.3 is 0 Å². The summed E-state index contributed by atoms with van der Waals surface area (Å²) in [7, 11) is -3.83. The molecule has 130 valence electrons. The topological polar surface area (TPSA) is 52.6 Å². The van der Waals surface area contributed by atoms with Crippen molar-refractivity contribution in [3.8, 4) is 0 Å². The van der Waals surface area contributed by atoms with E-state index in [4.69, 9.17) is 8.85 Å². The van der Waals surface area contributed by atoms with Crippen molar-refractivity contribution in [2.24, 2.45) is 0 Å². The third-order valence-corrected chi connectivity index (χ3v) is 8.25. The minimum atomic E-state index is -1.92. The maximum Gasteiger partial charge on any atom is 0.293 e. The van der Waals surface area contributed by atoms with Gasteiger partial charge in [-0.3, -0.25) is 9.59 Å². The van der Waals surface area contributed by atoms with Crippen LogP contribution in [0.4, 0.5) is 0 Å². The van der Waals surface area contributed by atoms with Crippen LogP contribution < -0.4 is 0 Å². The summed E-state index contributed by atoms with van der Waals surface area (Å²) in [6.45, 7) is 12.5. The highest BCUT2D eigenvalue weighted by atomic mass is 28.4. The Labute approximate surface area is 138 Å². The molecule has 0 atom stereocenters. The molecule has 0 aliphatic carbocycles. The Morgan fingerprint density at radius 2 is 1.05 bits per heavy atom. The van der Waals surface area contributed by atoms with Crippen molar-refractivity contribution in [1.82, 2.24) is 0 Å².